The van der Waals surface area contributed by atoms with Gasteiger partial charge in [-0.15, -0.1) is 0 Å². The molecule has 1 aliphatic heterocycles. The number of nitrogens with zero attached hydrogens (tertiary/aromatic N) is 3. The Morgan fingerprint density at radius 1 is 1.07 bits per heavy atom. The van der Waals surface area contributed by atoms with E-state index in [4.69, 9.17) is 0 Å². The number of nitrogens with one attached hydrogen (secondary N) is 1. The van der Waals surface area contributed by atoms with Gasteiger partial charge < -0.3 is 10.2 Å². The molecule has 0 saturated carbocycles. The van der Waals surface area contributed by atoms with E-state index >= 15 is 0 Å². The van der Waals surface area contributed by atoms with Gasteiger partial charge in [-0.05, 0) is 43.2 Å². The lowest BCUT2D eigenvalue weighted by molar-refractivity contribution is -0.117. The van der Waals surface area contributed by atoms with Crippen molar-refractivity contribution in [2.45, 2.75) is 20.4 Å². The fraction of sp³-hybridized carbons (Fsp3) is 0.318. The van der Waals surface area contributed by atoms with E-state index in [2.05, 4.69) is 15.3 Å². The van der Waals surface area contributed by atoms with Gasteiger partial charge in [-0.2, -0.15) is 16.9 Å². The Labute approximate surface area is 173 Å². The molecule has 0 bridgehead atoms. The highest BCUT2D eigenvalue weighted by molar-refractivity contribution is 7.99. The number of thioether (sulfide) groups is 1. The minimum Gasteiger partial charge on any atom is -0.353 e. The third-order valence-electron chi connectivity index (χ3n) is 4.96. The van der Waals surface area contributed by atoms with Crippen LogP contribution >= 0.6 is 11.8 Å². The van der Waals surface area contributed by atoms with E-state index in [1.807, 2.05) is 62.0 Å². The Morgan fingerprint density at radius 2 is 1.72 bits per heavy atom. The predicted molar refractivity (Wildman–Crippen MR) is 120 cm³/mol. The minimum atomic E-state index is -0.264. The maximum atomic E-state index is 13.0. The normalized spacial score (nSPS) is 14.2. The SMILES string of the molecule is Cc1cc(C)cc(NC(=O)Cn2nc(N3CCSCC3)c3ccccc3c2=O)c1. The maximum Gasteiger partial charge on any atom is 0.275 e. The van der Waals surface area contributed by atoms with E-state index in [1.54, 1.807) is 6.07 Å². The van der Waals surface area contributed by atoms with Gasteiger partial charge in [0.2, 0.25) is 5.91 Å². The van der Waals surface area contributed by atoms with Crippen LogP contribution in [0.5, 0.6) is 0 Å². The summed E-state index contributed by atoms with van der Waals surface area (Å²) in [5, 5.41) is 8.93. The van der Waals surface area contributed by atoms with Crippen LogP contribution in [0.15, 0.2) is 47.3 Å². The molecule has 2 heterocycles. The molecule has 1 fully saturated rings. The summed E-state index contributed by atoms with van der Waals surface area (Å²) in [6, 6.07) is 13.4. The van der Waals surface area contributed by atoms with E-state index in [1.165, 1.54) is 4.68 Å². The fourth-order valence-electron chi connectivity index (χ4n) is 3.72. The number of hydrogen-bond acceptors (Lipinski definition) is 5. The molecule has 0 aliphatic carbocycles. The van der Waals surface area contributed by atoms with Crippen molar-refractivity contribution < 1.29 is 4.79 Å². The summed E-state index contributed by atoms with van der Waals surface area (Å²) in [6.07, 6.45) is 0. The molecule has 1 saturated heterocycles. The minimum absolute atomic E-state index is 0.119. The van der Waals surface area contributed by atoms with Crippen LogP contribution in [0.3, 0.4) is 0 Å². The lowest BCUT2D eigenvalue weighted by Crippen LogP contribution is -2.37. The van der Waals surface area contributed by atoms with Crippen molar-refractivity contribution in [3.8, 4) is 0 Å². The zero-order chi connectivity index (χ0) is 20.4. The van der Waals surface area contributed by atoms with Crippen molar-refractivity contribution >= 4 is 39.9 Å². The fourth-order valence-corrected chi connectivity index (χ4v) is 4.62. The number of rotatable bonds is 4. The van der Waals surface area contributed by atoms with E-state index in [0.717, 1.165) is 52.6 Å². The number of anilines is 2. The number of amides is 1. The first-order chi connectivity index (χ1) is 14.0. The Balaban J connectivity index is 1.67. The molecule has 2 aromatic carbocycles. The summed E-state index contributed by atoms with van der Waals surface area (Å²) in [5.41, 5.74) is 2.64. The zero-order valence-electron chi connectivity index (χ0n) is 16.6. The summed E-state index contributed by atoms with van der Waals surface area (Å²) in [5.74, 6) is 2.57. The number of hydrogen-bond donors (Lipinski definition) is 1. The maximum absolute atomic E-state index is 13.0. The first-order valence-corrected chi connectivity index (χ1v) is 10.9. The zero-order valence-corrected chi connectivity index (χ0v) is 17.5. The van der Waals surface area contributed by atoms with Crippen LogP contribution in [0.2, 0.25) is 0 Å². The Morgan fingerprint density at radius 3 is 2.41 bits per heavy atom. The second-order valence-corrected chi connectivity index (χ2v) is 8.58. The summed E-state index contributed by atoms with van der Waals surface area (Å²) in [4.78, 5) is 27.8. The smallest absolute Gasteiger partial charge is 0.275 e. The number of carbonyl (C=O) groups excluding carboxylic acids is 1. The molecule has 1 aliphatic rings. The molecule has 1 N–H and O–H groups in total. The van der Waals surface area contributed by atoms with Crippen LogP contribution in [0.4, 0.5) is 11.5 Å². The van der Waals surface area contributed by atoms with Crippen LogP contribution < -0.4 is 15.8 Å². The van der Waals surface area contributed by atoms with E-state index < -0.39 is 0 Å². The molecule has 7 heteroatoms. The number of carbonyl (C=O) groups is 1. The van der Waals surface area contributed by atoms with Gasteiger partial charge in [0.25, 0.3) is 5.56 Å². The standard InChI is InChI=1S/C22H24N4O2S/c1-15-11-16(2)13-17(12-15)23-20(27)14-26-22(28)19-6-4-3-5-18(19)21(24-26)25-7-9-29-10-8-25/h3-6,11-13H,7-10,14H2,1-2H3,(H,23,27). The first kappa shape index (κ1) is 19.5. The summed E-state index contributed by atoms with van der Waals surface area (Å²) in [6.45, 7) is 5.62. The molecular weight excluding hydrogens is 384 g/mol. The van der Waals surface area contributed by atoms with Gasteiger partial charge in [0, 0.05) is 35.7 Å². The average molecular weight is 409 g/mol. The van der Waals surface area contributed by atoms with E-state index in [-0.39, 0.29) is 18.0 Å². The van der Waals surface area contributed by atoms with Crippen molar-refractivity contribution in [3.05, 3.63) is 63.9 Å². The van der Waals surface area contributed by atoms with Gasteiger partial charge in [0.15, 0.2) is 5.82 Å². The van der Waals surface area contributed by atoms with Crippen molar-refractivity contribution in [1.29, 1.82) is 0 Å². The van der Waals surface area contributed by atoms with Gasteiger partial charge in [-0.1, -0.05) is 24.3 Å². The number of aryl methyl sites for hydroxylation is 2. The van der Waals surface area contributed by atoms with Crippen molar-refractivity contribution in [2.75, 3.05) is 34.8 Å². The molecule has 1 aromatic heterocycles. The molecule has 0 unspecified atom stereocenters. The van der Waals surface area contributed by atoms with Crippen molar-refractivity contribution in [2.24, 2.45) is 0 Å². The monoisotopic (exact) mass is 408 g/mol. The van der Waals surface area contributed by atoms with E-state index in [9.17, 15) is 9.59 Å². The highest BCUT2D eigenvalue weighted by Crippen LogP contribution is 2.24. The highest BCUT2D eigenvalue weighted by Gasteiger charge is 2.19. The molecular formula is C22H24N4O2S. The second-order valence-electron chi connectivity index (χ2n) is 7.36. The summed E-state index contributed by atoms with van der Waals surface area (Å²) < 4.78 is 1.29. The number of benzene rings is 2. The lowest BCUT2D eigenvalue weighted by atomic mass is 10.1. The van der Waals surface area contributed by atoms with Crippen LogP contribution in [-0.2, 0) is 11.3 Å². The predicted octanol–water partition coefficient (Wildman–Crippen LogP) is 3.21. The van der Waals surface area contributed by atoms with Crippen LogP contribution in [0.1, 0.15) is 11.1 Å². The van der Waals surface area contributed by atoms with Crippen molar-refractivity contribution in [1.82, 2.24) is 9.78 Å². The number of fused-ring (bicyclic) bond motifs is 1. The highest BCUT2D eigenvalue weighted by atomic mass is 32.2. The van der Waals surface area contributed by atoms with Gasteiger partial charge in [-0.25, -0.2) is 4.68 Å². The van der Waals surface area contributed by atoms with Gasteiger partial charge in [-0.3, -0.25) is 9.59 Å². The topological polar surface area (TPSA) is 67.2 Å². The molecule has 4 rings (SSSR count). The van der Waals surface area contributed by atoms with Crippen LogP contribution in [0.25, 0.3) is 10.8 Å². The first-order valence-electron chi connectivity index (χ1n) is 9.72. The molecule has 29 heavy (non-hydrogen) atoms. The van der Waals surface area contributed by atoms with Crippen LogP contribution in [0, 0.1) is 13.8 Å². The van der Waals surface area contributed by atoms with Gasteiger partial charge >= 0.3 is 0 Å². The molecule has 3 aromatic rings. The third kappa shape index (κ3) is 4.29. The molecule has 0 atom stereocenters. The second kappa shape index (κ2) is 8.29. The Bertz CT molecular complexity index is 1100. The Hall–Kier alpha value is -2.80. The van der Waals surface area contributed by atoms with E-state index in [0.29, 0.717) is 5.39 Å². The Kier molecular flexibility index (Phi) is 5.58. The molecule has 0 radical (unpaired) electrons. The molecule has 0 spiro atoms. The summed E-state index contributed by atoms with van der Waals surface area (Å²) >= 11 is 1.92. The largest absolute Gasteiger partial charge is 0.353 e. The molecule has 6 nitrogen and oxygen atoms in total. The molecule has 1 amide bonds. The quantitative estimate of drug-likeness (QED) is 0.718. The van der Waals surface area contributed by atoms with Crippen LogP contribution in [-0.4, -0.2) is 40.3 Å². The van der Waals surface area contributed by atoms with Gasteiger partial charge in [0.05, 0.1) is 5.39 Å². The van der Waals surface area contributed by atoms with Gasteiger partial charge in [0.1, 0.15) is 6.54 Å². The third-order valence-corrected chi connectivity index (χ3v) is 5.90. The summed E-state index contributed by atoms with van der Waals surface area (Å²) in [7, 11) is 0. The number of aromatic nitrogens is 2. The average Bonchev–Trinajstić information content (AvgIpc) is 2.70. The molecule has 150 valence electrons. The lowest BCUT2D eigenvalue weighted by Gasteiger charge is -2.28. The van der Waals surface area contributed by atoms with Crippen molar-refractivity contribution in [3.63, 3.8) is 0 Å².